The molecule has 1 heterocycles. The van der Waals surface area contributed by atoms with E-state index in [2.05, 4.69) is 9.72 Å². The molecule has 0 radical (unpaired) electrons. The van der Waals surface area contributed by atoms with Crippen molar-refractivity contribution in [2.45, 2.75) is 19.1 Å². The molecule has 18 heavy (non-hydrogen) atoms. The van der Waals surface area contributed by atoms with E-state index in [1.165, 1.54) is 0 Å². The van der Waals surface area contributed by atoms with E-state index >= 15 is 0 Å². The molecule has 0 aliphatic heterocycles. The Hall–Kier alpha value is -1.71. The van der Waals surface area contributed by atoms with Crippen LogP contribution in [0.5, 0.6) is 11.5 Å². The summed E-state index contributed by atoms with van der Waals surface area (Å²) in [5.41, 5.74) is -2.66. The van der Waals surface area contributed by atoms with Crippen molar-refractivity contribution in [3.05, 3.63) is 17.5 Å². The van der Waals surface area contributed by atoms with Crippen molar-refractivity contribution in [3.8, 4) is 11.5 Å². The molecule has 2 N–H and O–H groups in total. The molecule has 1 aromatic rings. The quantitative estimate of drug-likeness (QED) is 0.813. The first kappa shape index (κ1) is 14.4. The molecule has 0 saturated carbocycles. The number of hydrogen-bond donors (Lipinski definition) is 2. The highest BCUT2D eigenvalue weighted by Gasteiger charge is 2.42. The highest BCUT2D eigenvalue weighted by atomic mass is 19.4. The fraction of sp³-hybridized carbons (Fsp3) is 0.375. The number of aromatic nitrogens is 1. The van der Waals surface area contributed by atoms with Gasteiger partial charge in [0.25, 0.3) is 0 Å². The van der Waals surface area contributed by atoms with E-state index in [1.54, 1.807) is 0 Å². The van der Waals surface area contributed by atoms with Crippen LogP contribution in [0.3, 0.4) is 0 Å². The first-order valence-electron chi connectivity index (χ1n) is 4.21. The van der Waals surface area contributed by atoms with Crippen LogP contribution < -0.4 is 4.74 Å². The second-order valence-corrected chi connectivity index (χ2v) is 3.00. The van der Waals surface area contributed by atoms with Crippen LogP contribution in [0.1, 0.15) is 11.3 Å². The molecule has 0 amide bonds. The summed E-state index contributed by atoms with van der Waals surface area (Å²) in [6.45, 7) is -1.04. The van der Waals surface area contributed by atoms with E-state index in [4.69, 9.17) is 10.2 Å². The van der Waals surface area contributed by atoms with Gasteiger partial charge in [0.2, 0.25) is 0 Å². The molecule has 102 valence electrons. The molecule has 4 nitrogen and oxygen atoms in total. The zero-order valence-electron chi connectivity index (χ0n) is 8.30. The van der Waals surface area contributed by atoms with E-state index in [9.17, 15) is 26.3 Å². The minimum atomic E-state index is -5.43. The van der Waals surface area contributed by atoms with Crippen molar-refractivity contribution < 1.29 is 41.3 Å². The second-order valence-electron chi connectivity index (χ2n) is 3.00. The topological polar surface area (TPSA) is 62.6 Å². The fourth-order valence-corrected chi connectivity index (χ4v) is 1.06. The van der Waals surface area contributed by atoms with Gasteiger partial charge in [0.1, 0.15) is 11.3 Å². The zero-order chi connectivity index (χ0) is 14.1. The number of aromatic hydroxyl groups is 1. The number of hydrogen-bond acceptors (Lipinski definition) is 4. The largest absolute Gasteiger partial charge is 0.573 e. The molecular formula is C8H5F6NO3. The number of aliphatic hydroxyl groups is 1. The van der Waals surface area contributed by atoms with Crippen molar-refractivity contribution in [1.29, 1.82) is 0 Å². The molecule has 0 unspecified atom stereocenters. The van der Waals surface area contributed by atoms with Gasteiger partial charge >= 0.3 is 12.5 Å². The molecule has 0 saturated heterocycles. The normalized spacial score (nSPS) is 12.6. The molecule has 0 fully saturated rings. The van der Waals surface area contributed by atoms with Crippen LogP contribution in [-0.2, 0) is 12.8 Å². The Morgan fingerprint density at radius 3 is 2.11 bits per heavy atom. The summed E-state index contributed by atoms with van der Waals surface area (Å²) in [6.07, 6.45) is -10.6. The molecular weight excluding hydrogens is 272 g/mol. The summed E-state index contributed by atoms with van der Waals surface area (Å²) in [5, 5.41) is 17.7. The summed E-state index contributed by atoms with van der Waals surface area (Å²) in [6, 6.07) is 0. The van der Waals surface area contributed by atoms with Crippen LogP contribution in [0.15, 0.2) is 6.20 Å². The van der Waals surface area contributed by atoms with E-state index < -0.39 is 41.9 Å². The maximum absolute atomic E-state index is 12.4. The smallest absolute Gasteiger partial charge is 0.503 e. The minimum Gasteiger partial charge on any atom is -0.503 e. The predicted octanol–water partition coefficient (Wildman–Crippen LogP) is 2.20. The standard InChI is InChI=1S/C8H5F6NO3/c9-7(10,11)3-1-15-4(2-16)5(17)6(3)18-8(12,13)14/h1,16-17H,2H2. The third-order valence-electron chi connectivity index (χ3n) is 1.76. The average molecular weight is 277 g/mol. The molecule has 0 aromatic carbocycles. The monoisotopic (exact) mass is 277 g/mol. The van der Waals surface area contributed by atoms with Gasteiger partial charge in [-0.05, 0) is 0 Å². The lowest BCUT2D eigenvalue weighted by atomic mass is 10.2. The van der Waals surface area contributed by atoms with Crippen LogP contribution >= 0.6 is 0 Å². The lowest BCUT2D eigenvalue weighted by Crippen LogP contribution is -2.21. The minimum absolute atomic E-state index is 0.0341. The molecule has 0 aliphatic rings. The molecule has 10 heteroatoms. The lowest BCUT2D eigenvalue weighted by molar-refractivity contribution is -0.276. The Balaban J connectivity index is 3.41. The van der Waals surface area contributed by atoms with Gasteiger partial charge in [-0.1, -0.05) is 0 Å². The van der Waals surface area contributed by atoms with Gasteiger partial charge in [-0.3, -0.25) is 4.98 Å². The predicted molar refractivity (Wildman–Crippen MR) is 43.5 cm³/mol. The van der Waals surface area contributed by atoms with Gasteiger partial charge in [0.15, 0.2) is 11.5 Å². The van der Waals surface area contributed by atoms with Gasteiger partial charge in [0, 0.05) is 6.20 Å². The van der Waals surface area contributed by atoms with Crippen molar-refractivity contribution in [1.82, 2.24) is 4.98 Å². The second kappa shape index (κ2) is 4.52. The number of alkyl halides is 6. The van der Waals surface area contributed by atoms with E-state index in [1.807, 2.05) is 0 Å². The average Bonchev–Trinajstić information content (AvgIpc) is 2.17. The van der Waals surface area contributed by atoms with Crippen molar-refractivity contribution in [2.24, 2.45) is 0 Å². The van der Waals surface area contributed by atoms with E-state index in [0.717, 1.165) is 0 Å². The first-order valence-corrected chi connectivity index (χ1v) is 4.21. The molecule has 0 bridgehead atoms. The van der Waals surface area contributed by atoms with Crippen molar-refractivity contribution >= 4 is 0 Å². The van der Waals surface area contributed by atoms with Crippen molar-refractivity contribution in [2.75, 3.05) is 0 Å². The Bertz CT molecular complexity index is 442. The maximum Gasteiger partial charge on any atom is 0.573 e. The third kappa shape index (κ3) is 3.15. The first-order chi connectivity index (χ1) is 8.06. The summed E-state index contributed by atoms with van der Waals surface area (Å²) in [7, 11) is 0. The molecule has 1 aromatic heterocycles. The Morgan fingerprint density at radius 1 is 1.17 bits per heavy atom. The summed E-state index contributed by atoms with van der Waals surface area (Å²) in [5.74, 6) is -3.35. The van der Waals surface area contributed by atoms with Crippen LogP contribution in [0, 0.1) is 0 Å². The number of pyridine rings is 1. The molecule has 0 aliphatic carbocycles. The number of aliphatic hydroxyl groups excluding tert-OH is 1. The molecule has 0 atom stereocenters. The number of nitrogens with zero attached hydrogens (tertiary/aromatic N) is 1. The lowest BCUT2D eigenvalue weighted by Gasteiger charge is -2.17. The van der Waals surface area contributed by atoms with Gasteiger partial charge in [0.05, 0.1) is 6.61 Å². The van der Waals surface area contributed by atoms with Gasteiger partial charge in [-0.25, -0.2) is 0 Å². The maximum atomic E-state index is 12.4. The highest BCUT2D eigenvalue weighted by Crippen LogP contribution is 2.43. The Kier molecular flexibility index (Phi) is 3.60. The van der Waals surface area contributed by atoms with Crippen LogP contribution in [0.25, 0.3) is 0 Å². The number of halogens is 6. The van der Waals surface area contributed by atoms with Gasteiger partial charge in [-0.2, -0.15) is 13.2 Å². The van der Waals surface area contributed by atoms with Crippen LogP contribution in [0.4, 0.5) is 26.3 Å². The summed E-state index contributed by atoms with van der Waals surface area (Å²) < 4.78 is 76.1. The Morgan fingerprint density at radius 2 is 1.72 bits per heavy atom. The Labute approximate surface area is 95.4 Å². The fourth-order valence-electron chi connectivity index (χ4n) is 1.06. The third-order valence-corrected chi connectivity index (χ3v) is 1.76. The van der Waals surface area contributed by atoms with Gasteiger partial charge < -0.3 is 14.9 Å². The van der Waals surface area contributed by atoms with E-state index in [-0.39, 0.29) is 6.20 Å². The highest BCUT2D eigenvalue weighted by molar-refractivity contribution is 5.48. The van der Waals surface area contributed by atoms with Crippen molar-refractivity contribution in [3.63, 3.8) is 0 Å². The number of rotatable bonds is 2. The number of ether oxygens (including phenoxy) is 1. The zero-order valence-corrected chi connectivity index (χ0v) is 8.30. The molecule has 0 spiro atoms. The molecule has 1 rings (SSSR count). The van der Waals surface area contributed by atoms with Crippen LogP contribution in [-0.4, -0.2) is 21.6 Å². The SMILES string of the molecule is OCc1ncc(C(F)(F)F)c(OC(F)(F)F)c1O. The van der Waals surface area contributed by atoms with Gasteiger partial charge in [-0.15, -0.1) is 13.2 Å². The van der Waals surface area contributed by atoms with E-state index in [0.29, 0.717) is 0 Å². The summed E-state index contributed by atoms with van der Waals surface area (Å²) in [4.78, 5) is 2.99. The summed E-state index contributed by atoms with van der Waals surface area (Å²) >= 11 is 0. The van der Waals surface area contributed by atoms with Crippen LogP contribution in [0.2, 0.25) is 0 Å².